The first kappa shape index (κ1) is 16.5. The Morgan fingerprint density at radius 1 is 1.08 bits per heavy atom. The van der Waals surface area contributed by atoms with Crippen LogP contribution in [0.25, 0.3) is 0 Å². The van der Waals surface area contributed by atoms with E-state index in [1.807, 2.05) is 30.3 Å². The predicted octanol–water partition coefficient (Wildman–Crippen LogP) is 3.80. The van der Waals surface area contributed by atoms with Crippen LogP contribution in [0.1, 0.15) is 24.5 Å². The summed E-state index contributed by atoms with van der Waals surface area (Å²) >= 11 is 0. The molecule has 0 bridgehead atoms. The normalized spacial score (nSPS) is 16.7. The van der Waals surface area contributed by atoms with Gasteiger partial charge in [-0.05, 0) is 48.6 Å². The maximum absolute atomic E-state index is 12.9. The summed E-state index contributed by atoms with van der Waals surface area (Å²) in [7, 11) is 0. The van der Waals surface area contributed by atoms with Gasteiger partial charge in [-0.3, -0.25) is 0 Å². The van der Waals surface area contributed by atoms with Crippen molar-refractivity contribution in [1.29, 1.82) is 0 Å². The molecular weight excluding hydrogens is 307 g/mol. The Bertz CT molecular complexity index is 668. The lowest BCUT2D eigenvalue weighted by atomic mass is 9.87. The van der Waals surface area contributed by atoms with Gasteiger partial charge in [0.05, 0.1) is 6.10 Å². The van der Waals surface area contributed by atoms with Gasteiger partial charge in [0.15, 0.2) is 0 Å². The van der Waals surface area contributed by atoms with Crippen LogP contribution < -0.4 is 5.32 Å². The average Bonchev–Trinajstić information content (AvgIpc) is 2.64. The van der Waals surface area contributed by atoms with E-state index in [0.29, 0.717) is 18.8 Å². The number of benzene rings is 2. The highest BCUT2D eigenvalue weighted by Gasteiger charge is 2.28. The number of amides is 2. The van der Waals surface area contributed by atoms with E-state index in [1.165, 1.54) is 12.1 Å². The van der Waals surface area contributed by atoms with Gasteiger partial charge in [0.1, 0.15) is 5.82 Å². The van der Waals surface area contributed by atoms with Crippen LogP contribution >= 0.6 is 0 Å². The molecule has 3 rings (SSSR count). The lowest BCUT2D eigenvalue weighted by Crippen LogP contribution is -2.42. The zero-order chi connectivity index (χ0) is 16.9. The van der Waals surface area contributed by atoms with Crippen molar-refractivity contribution in [3.05, 3.63) is 66.0 Å². The van der Waals surface area contributed by atoms with E-state index in [0.717, 1.165) is 18.4 Å². The van der Waals surface area contributed by atoms with Crippen LogP contribution in [0.4, 0.5) is 14.9 Å². The third kappa shape index (κ3) is 3.92. The number of halogens is 1. The molecule has 0 unspecified atom stereocenters. The topological polar surface area (TPSA) is 52.6 Å². The number of likely N-dealkylation sites (tertiary alicyclic amines) is 1. The first-order valence-corrected chi connectivity index (χ1v) is 8.18. The van der Waals surface area contributed by atoms with Gasteiger partial charge in [0.25, 0.3) is 0 Å². The molecule has 1 aliphatic rings. The number of anilines is 1. The molecule has 0 saturated carbocycles. The van der Waals surface area contributed by atoms with Crippen LogP contribution in [0.3, 0.4) is 0 Å². The second-order valence-corrected chi connectivity index (χ2v) is 6.12. The van der Waals surface area contributed by atoms with Crippen LogP contribution in [0.15, 0.2) is 54.6 Å². The third-order valence-electron chi connectivity index (χ3n) is 4.51. The number of carbonyl (C=O) groups is 1. The number of carbonyl (C=O) groups excluding carboxylic acids is 1. The number of piperidine rings is 1. The van der Waals surface area contributed by atoms with Crippen LogP contribution in [0.5, 0.6) is 0 Å². The summed E-state index contributed by atoms with van der Waals surface area (Å²) in [5, 5.41) is 13.2. The van der Waals surface area contributed by atoms with Gasteiger partial charge in [-0.2, -0.15) is 0 Å². The second kappa shape index (κ2) is 7.45. The summed E-state index contributed by atoms with van der Waals surface area (Å²) in [5.41, 5.74) is 1.50. The van der Waals surface area contributed by atoms with Gasteiger partial charge in [-0.1, -0.05) is 30.3 Å². The first-order chi connectivity index (χ1) is 11.6. The number of aliphatic hydroxyl groups excluding tert-OH is 1. The highest BCUT2D eigenvalue weighted by Crippen LogP contribution is 2.30. The molecule has 1 aliphatic heterocycles. The minimum Gasteiger partial charge on any atom is -0.388 e. The molecule has 0 radical (unpaired) electrons. The van der Waals surface area contributed by atoms with Crippen molar-refractivity contribution in [2.75, 3.05) is 18.4 Å². The molecule has 2 aromatic rings. The maximum atomic E-state index is 12.9. The SMILES string of the molecule is O=C(Nc1ccc(F)cc1)N1CCC([C@H](O)c2ccccc2)CC1. The molecule has 0 aromatic heterocycles. The molecule has 24 heavy (non-hydrogen) atoms. The van der Waals surface area contributed by atoms with Gasteiger partial charge >= 0.3 is 6.03 Å². The first-order valence-electron chi connectivity index (χ1n) is 8.18. The monoisotopic (exact) mass is 328 g/mol. The lowest BCUT2D eigenvalue weighted by molar-refractivity contribution is 0.0683. The average molecular weight is 328 g/mol. The molecule has 2 N–H and O–H groups in total. The quantitative estimate of drug-likeness (QED) is 0.900. The van der Waals surface area contributed by atoms with Crippen LogP contribution in [-0.4, -0.2) is 29.1 Å². The fraction of sp³-hybridized carbons (Fsp3) is 0.316. The maximum Gasteiger partial charge on any atom is 0.321 e. The lowest BCUT2D eigenvalue weighted by Gasteiger charge is -2.34. The molecule has 5 heteroatoms. The molecule has 1 fully saturated rings. The molecule has 0 spiro atoms. The Balaban J connectivity index is 1.53. The van der Waals surface area contributed by atoms with Gasteiger partial charge < -0.3 is 15.3 Å². The number of nitrogens with zero attached hydrogens (tertiary/aromatic N) is 1. The van der Waals surface area contributed by atoms with E-state index >= 15 is 0 Å². The summed E-state index contributed by atoms with van der Waals surface area (Å²) in [6, 6.07) is 15.2. The number of rotatable bonds is 3. The van der Waals surface area contributed by atoms with E-state index in [2.05, 4.69) is 5.32 Å². The van der Waals surface area contributed by atoms with E-state index in [1.54, 1.807) is 17.0 Å². The Hall–Kier alpha value is -2.40. The van der Waals surface area contributed by atoms with Crippen molar-refractivity contribution in [2.45, 2.75) is 18.9 Å². The van der Waals surface area contributed by atoms with E-state index in [9.17, 15) is 14.3 Å². The Labute approximate surface area is 140 Å². The Morgan fingerprint density at radius 2 is 1.71 bits per heavy atom. The third-order valence-corrected chi connectivity index (χ3v) is 4.51. The number of nitrogens with one attached hydrogen (secondary N) is 1. The van der Waals surface area contributed by atoms with E-state index in [4.69, 9.17) is 0 Å². The minimum atomic E-state index is -0.492. The summed E-state index contributed by atoms with van der Waals surface area (Å²) < 4.78 is 12.9. The minimum absolute atomic E-state index is 0.155. The van der Waals surface area contributed by atoms with Gasteiger partial charge in [-0.25, -0.2) is 9.18 Å². The molecule has 2 aromatic carbocycles. The van der Waals surface area contributed by atoms with Crippen molar-refractivity contribution in [3.63, 3.8) is 0 Å². The number of hydrogen-bond acceptors (Lipinski definition) is 2. The molecule has 0 aliphatic carbocycles. The van der Waals surface area contributed by atoms with Gasteiger partial charge in [0, 0.05) is 18.8 Å². The zero-order valence-electron chi connectivity index (χ0n) is 13.4. The Morgan fingerprint density at radius 3 is 2.33 bits per heavy atom. The van der Waals surface area contributed by atoms with Crippen LogP contribution in [0, 0.1) is 11.7 Å². The second-order valence-electron chi connectivity index (χ2n) is 6.12. The summed E-state index contributed by atoms with van der Waals surface area (Å²) in [4.78, 5) is 14.0. The summed E-state index contributed by atoms with van der Waals surface area (Å²) in [6.45, 7) is 1.20. The summed E-state index contributed by atoms with van der Waals surface area (Å²) in [6.07, 6.45) is 1.02. The van der Waals surface area contributed by atoms with Crippen molar-refractivity contribution >= 4 is 11.7 Å². The molecule has 1 heterocycles. The van der Waals surface area contributed by atoms with E-state index < -0.39 is 6.10 Å². The van der Waals surface area contributed by atoms with Crippen molar-refractivity contribution in [3.8, 4) is 0 Å². The highest BCUT2D eigenvalue weighted by atomic mass is 19.1. The van der Waals surface area contributed by atoms with Crippen LogP contribution in [0.2, 0.25) is 0 Å². The highest BCUT2D eigenvalue weighted by molar-refractivity contribution is 5.89. The molecular formula is C19H21FN2O2. The smallest absolute Gasteiger partial charge is 0.321 e. The molecule has 1 saturated heterocycles. The van der Waals surface area contributed by atoms with Gasteiger partial charge in [0.2, 0.25) is 0 Å². The Kier molecular flexibility index (Phi) is 5.11. The molecule has 1 atom stereocenters. The molecule has 4 nitrogen and oxygen atoms in total. The van der Waals surface area contributed by atoms with Crippen molar-refractivity contribution < 1.29 is 14.3 Å². The largest absolute Gasteiger partial charge is 0.388 e. The fourth-order valence-corrected chi connectivity index (χ4v) is 3.08. The summed E-state index contributed by atoms with van der Waals surface area (Å²) in [5.74, 6) is -0.175. The van der Waals surface area contributed by atoms with E-state index in [-0.39, 0.29) is 17.8 Å². The number of hydrogen-bond donors (Lipinski definition) is 2. The predicted molar refractivity (Wildman–Crippen MR) is 91.1 cm³/mol. The molecule has 126 valence electrons. The van der Waals surface area contributed by atoms with Crippen molar-refractivity contribution in [2.24, 2.45) is 5.92 Å². The molecule has 2 amide bonds. The standard InChI is InChI=1S/C19H21FN2O2/c20-16-6-8-17(9-7-16)21-19(24)22-12-10-15(11-13-22)18(23)14-4-2-1-3-5-14/h1-9,15,18,23H,10-13H2,(H,21,24)/t18-/m1/s1. The fourth-order valence-electron chi connectivity index (χ4n) is 3.08. The zero-order valence-corrected chi connectivity index (χ0v) is 13.4. The number of aliphatic hydroxyl groups is 1. The van der Waals surface area contributed by atoms with Gasteiger partial charge in [-0.15, -0.1) is 0 Å². The van der Waals surface area contributed by atoms with Crippen LogP contribution in [-0.2, 0) is 0 Å². The number of urea groups is 1. The van der Waals surface area contributed by atoms with Crippen molar-refractivity contribution in [1.82, 2.24) is 4.90 Å².